The van der Waals surface area contributed by atoms with E-state index in [1.54, 1.807) is 11.3 Å². The van der Waals surface area contributed by atoms with Crippen LogP contribution in [0.1, 0.15) is 41.1 Å². The first-order chi connectivity index (χ1) is 8.60. The molecule has 0 radical (unpaired) electrons. The Hall–Kier alpha value is -0.870. The molecule has 1 rings (SSSR count). The SMILES string of the molecule is CCN(CC)CCCNC(=O)c1csc(C)c1C. The first-order valence-corrected chi connectivity index (χ1v) is 7.53. The lowest BCUT2D eigenvalue weighted by molar-refractivity contribution is 0.0951. The van der Waals surface area contributed by atoms with Gasteiger partial charge in [0.05, 0.1) is 5.56 Å². The topological polar surface area (TPSA) is 32.3 Å². The largest absolute Gasteiger partial charge is 0.352 e. The van der Waals surface area contributed by atoms with E-state index in [0.717, 1.165) is 43.7 Å². The van der Waals surface area contributed by atoms with Crippen LogP contribution < -0.4 is 5.32 Å². The lowest BCUT2D eigenvalue weighted by atomic mass is 10.1. The predicted molar refractivity (Wildman–Crippen MR) is 78.5 cm³/mol. The minimum atomic E-state index is 0.0661. The zero-order valence-electron chi connectivity index (χ0n) is 11.9. The molecular formula is C14H24N2OS. The van der Waals surface area contributed by atoms with Gasteiger partial charge in [-0.05, 0) is 45.5 Å². The minimum Gasteiger partial charge on any atom is -0.352 e. The maximum absolute atomic E-state index is 11.9. The number of hydrogen-bond donors (Lipinski definition) is 1. The van der Waals surface area contributed by atoms with E-state index >= 15 is 0 Å². The van der Waals surface area contributed by atoms with Gasteiger partial charge in [0.2, 0.25) is 0 Å². The van der Waals surface area contributed by atoms with Gasteiger partial charge in [0.25, 0.3) is 5.91 Å². The second-order valence-electron chi connectivity index (χ2n) is 4.47. The van der Waals surface area contributed by atoms with E-state index in [4.69, 9.17) is 0 Å². The van der Waals surface area contributed by atoms with Gasteiger partial charge in [0.15, 0.2) is 0 Å². The number of hydrogen-bond acceptors (Lipinski definition) is 3. The Balaban J connectivity index is 2.32. The third-order valence-electron chi connectivity index (χ3n) is 3.36. The predicted octanol–water partition coefficient (Wildman–Crippen LogP) is 2.83. The summed E-state index contributed by atoms with van der Waals surface area (Å²) in [6.07, 6.45) is 1.01. The van der Waals surface area contributed by atoms with Gasteiger partial charge in [-0.2, -0.15) is 0 Å². The Morgan fingerprint density at radius 3 is 2.50 bits per heavy atom. The third kappa shape index (κ3) is 4.10. The van der Waals surface area contributed by atoms with Crippen molar-refractivity contribution in [1.82, 2.24) is 10.2 Å². The minimum absolute atomic E-state index is 0.0661. The zero-order valence-corrected chi connectivity index (χ0v) is 12.7. The van der Waals surface area contributed by atoms with Crippen LogP contribution in [0, 0.1) is 13.8 Å². The quantitative estimate of drug-likeness (QED) is 0.771. The van der Waals surface area contributed by atoms with E-state index in [1.165, 1.54) is 4.88 Å². The van der Waals surface area contributed by atoms with Crippen LogP contribution in [0.25, 0.3) is 0 Å². The molecule has 0 saturated heterocycles. The van der Waals surface area contributed by atoms with E-state index in [1.807, 2.05) is 12.3 Å². The van der Waals surface area contributed by atoms with Gasteiger partial charge in [-0.15, -0.1) is 11.3 Å². The van der Waals surface area contributed by atoms with Crippen molar-refractivity contribution in [2.24, 2.45) is 0 Å². The van der Waals surface area contributed by atoms with E-state index in [9.17, 15) is 4.79 Å². The van der Waals surface area contributed by atoms with Crippen LogP contribution in [0.2, 0.25) is 0 Å². The van der Waals surface area contributed by atoms with Crippen LogP contribution in [0.3, 0.4) is 0 Å². The summed E-state index contributed by atoms with van der Waals surface area (Å²) in [5, 5.41) is 4.95. The summed E-state index contributed by atoms with van der Waals surface area (Å²) in [6, 6.07) is 0. The lowest BCUT2D eigenvalue weighted by Gasteiger charge is -2.17. The molecule has 3 nitrogen and oxygen atoms in total. The van der Waals surface area contributed by atoms with Gasteiger partial charge >= 0.3 is 0 Å². The Labute approximate surface area is 114 Å². The second-order valence-corrected chi connectivity index (χ2v) is 5.55. The zero-order chi connectivity index (χ0) is 13.5. The smallest absolute Gasteiger partial charge is 0.252 e. The van der Waals surface area contributed by atoms with Crippen LogP contribution in [-0.4, -0.2) is 37.0 Å². The average Bonchev–Trinajstić information content (AvgIpc) is 2.70. The molecule has 1 amide bonds. The molecule has 1 N–H and O–H groups in total. The van der Waals surface area contributed by atoms with Crippen molar-refractivity contribution in [2.45, 2.75) is 34.1 Å². The molecule has 0 aromatic carbocycles. The molecule has 18 heavy (non-hydrogen) atoms. The highest BCUT2D eigenvalue weighted by atomic mass is 32.1. The summed E-state index contributed by atoms with van der Waals surface area (Å²) >= 11 is 1.64. The fourth-order valence-electron chi connectivity index (χ4n) is 1.88. The number of carbonyl (C=O) groups is 1. The molecule has 1 aromatic rings. The molecule has 102 valence electrons. The normalized spacial score (nSPS) is 10.9. The first kappa shape index (κ1) is 15.2. The van der Waals surface area contributed by atoms with E-state index in [0.29, 0.717) is 0 Å². The number of aryl methyl sites for hydroxylation is 1. The molecule has 0 aliphatic rings. The maximum atomic E-state index is 11.9. The van der Waals surface area contributed by atoms with Crippen molar-refractivity contribution >= 4 is 17.2 Å². The monoisotopic (exact) mass is 268 g/mol. The lowest BCUT2D eigenvalue weighted by Crippen LogP contribution is -2.30. The highest BCUT2D eigenvalue weighted by Crippen LogP contribution is 2.20. The van der Waals surface area contributed by atoms with Crippen molar-refractivity contribution in [3.63, 3.8) is 0 Å². The molecule has 0 spiro atoms. The van der Waals surface area contributed by atoms with Crippen LogP contribution in [0.5, 0.6) is 0 Å². The van der Waals surface area contributed by atoms with Gasteiger partial charge in [0, 0.05) is 16.8 Å². The van der Waals surface area contributed by atoms with Crippen molar-refractivity contribution in [3.05, 3.63) is 21.4 Å². The number of nitrogens with zero attached hydrogens (tertiary/aromatic N) is 1. The fourth-order valence-corrected chi connectivity index (χ4v) is 2.74. The van der Waals surface area contributed by atoms with Gasteiger partial charge in [-0.25, -0.2) is 0 Å². The van der Waals surface area contributed by atoms with E-state index in [-0.39, 0.29) is 5.91 Å². The fraction of sp³-hybridized carbons (Fsp3) is 0.643. The number of thiophene rings is 1. The number of nitrogens with one attached hydrogen (secondary N) is 1. The average molecular weight is 268 g/mol. The van der Waals surface area contributed by atoms with Gasteiger partial charge < -0.3 is 10.2 Å². The van der Waals surface area contributed by atoms with Crippen LogP contribution in [-0.2, 0) is 0 Å². The first-order valence-electron chi connectivity index (χ1n) is 6.65. The van der Waals surface area contributed by atoms with Crippen molar-refractivity contribution in [3.8, 4) is 0 Å². The molecule has 4 heteroatoms. The Morgan fingerprint density at radius 1 is 1.33 bits per heavy atom. The molecule has 1 heterocycles. The summed E-state index contributed by atoms with van der Waals surface area (Å²) in [6.45, 7) is 12.4. The standard InChI is InChI=1S/C14H24N2OS/c1-5-16(6-2)9-7-8-15-14(17)13-10-18-12(4)11(13)3/h10H,5-9H2,1-4H3,(H,15,17). The highest BCUT2D eigenvalue weighted by Gasteiger charge is 2.11. The van der Waals surface area contributed by atoms with Crippen molar-refractivity contribution in [2.75, 3.05) is 26.2 Å². The van der Waals surface area contributed by atoms with Crippen LogP contribution in [0.4, 0.5) is 0 Å². The third-order valence-corrected chi connectivity index (χ3v) is 4.37. The van der Waals surface area contributed by atoms with Gasteiger partial charge in [0.1, 0.15) is 0 Å². The van der Waals surface area contributed by atoms with Gasteiger partial charge in [-0.1, -0.05) is 13.8 Å². The van der Waals surface area contributed by atoms with E-state index < -0.39 is 0 Å². The molecule has 1 aromatic heterocycles. The highest BCUT2D eigenvalue weighted by molar-refractivity contribution is 7.10. The Bertz CT molecular complexity index is 383. The molecule has 0 aliphatic carbocycles. The molecule has 0 atom stereocenters. The molecule has 0 unspecified atom stereocenters. The molecule has 0 fully saturated rings. The van der Waals surface area contributed by atoms with Crippen LogP contribution in [0.15, 0.2) is 5.38 Å². The summed E-state index contributed by atoms with van der Waals surface area (Å²) in [5.41, 5.74) is 1.95. The maximum Gasteiger partial charge on any atom is 0.252 e. The van der Waals surface area contributed by atoms with Crippen molar-refractivity contribution < 1.29 is 4.79 Å². The second kappa shape index (κ2) is 7.54. The molecule has 0 bridgehead atoms. The summed E-state index contributed by atoms with van der Waals surface area (Å²) in [5.74, 6) is 0.0661. The molecular weight excluding hydrogens is 244 g/mol. The summed E-state index contributed by atoms with van der Waals surface area (Å²) in [7, 11) is 0. The molecule has 0 aliphatic heterocycles. The Kier molecular flexibility index (Phi) is 6.36. The van der Waals surface area contributed by atoms with Crippen molar-refractivity contribution in [1.29, 1.82) is 0 Å². The Morgan fingerprint density at radius 2 is 2.00 bits per heavy atom. The summed E-state index contributed by atoms with van der Waals surface area (Å²) in [4.78, 5) is 15.5. The number of amides is 1. The molecule has 0 saturated carbocycles. The van der Waals surface area contributed by atoms with Crippen LogP contribution >= 0.6 is 11.3 Å². The van der Waals surface area contributed by atoms with Gasteiger partial charge in [-0.3, -0.25) is 4.79 Å². The van der Waals surface area contributed by atoms with E-state index in [2.05, 4.69) is 31.0 Å². The number of carbonyl (C=O) groups excluding carboxylic acids is 1. The summed E-state index contributed by atoms with van der Waals surface area (Å²) < 4.78 is 0. The number of rotatable bonds is 7.